The largest absolute Gasteiger partial charge is 0.314 e. The Morgan fingerprint density at radius 3 is 2.74 bits per heavy atom. The first kappa shape index (κ1) is 15.0. The van der Waals surface area contributed by atoms with Crippen molar-refractivity contribution in [2.45, 2.75) is 59.2 Å². The number of rotatable bonds is 8. The van der Waals surface area contributed by atoms with Gasteiger partial charge in [0.25, 0.3) is 0 Å². The van der Waals surface area contributed by atoms with E-state index in [0.29, 0.717) is 11.5 Å². The Balaban J connectivity index is 1.96. The van der Waals surface area contributed by atoms with Crippen molar-refractivity contribution in [3.63, 3.8) is 0 Å². The minimum absolute atomic E-state index is 0.315. The number of nitrogens with zero attached hydrogens (tertiary/aromatic N) is 1. The average Bonchev–Trinajstić information content (AvgIpc) is 3.08. The second-order valence-electron chi connectivity index (χ2n) is 6.48. The Bertz CT molecular complexity index is 368. The van der Waals surface area contributed by atoms with Crippen LogP contribution in [-0.4, -0.2) is 30.1 Å². The van der Waals surface area contributed by atoms with E-state index in [1.165, 1.54) is 24.3 Å². The summed E-state index contributed by atoms with van der Waals surface area (Å²) in [5, 5.41) is 5.77. The first-order chi connectivity index (χ1) is 9.03. The van der Waals surface area contributed by atoms with Gasteiger partial charge in [0, 0.05) is 30.1 Å². The van der Waals surface area contributed by atoms with E-state index in [-0.39, 0.29) is 0 Å². The zero-order valence-corrected chi connectivity index (χ0v) is 13.6. The number of thiophene rings is 1. The van der Waals surface area contributed by atoms with Gasteiger partial charge in [-0.05, 0) is 43.2 Å². The van der Waals surface area contributed by atoms with Gasteiger partial charge in [-0.25, -0.2) is 0 Å². The van der Waals surface area contributed by atoms with Gasteiger partial charge in [0.05, 0.1) is 0 Å². The first-order valence-electron chi connectivity index (χ1n) is 7.52. The van der Waals surface area contributed by atoms with Crippen LogP contribution in [0.15, 0.2) is 17.5 Å². The molecule has 0 radical (unpaired) electrons. The molecule has 19 heavy (non-hydrogen) atoms. The third-order valence-electron chi connectivity index (χ3n) is 4.30. The van der Waals surface area contributed by atoms with Crippen molar-refractivity contribution < 1.29 is 0 Å². The minimum Gasteiger partial charge on any atom is -0.314 e. The van der Waals surface area contributed by atoms with E-state index in [1.54, 1.807) is 0 Å². The fourth-order valence-electron chi connectivity index (χ4n) is 2.60. The highest BCUT2D eigenvalue weighted by Crippen LogP contribution is 2.33. The second kappa shape index (κ2) is 6.38. The van der Waals surface area contributed by atoms with Gasteiger partial charge in [-0.1, -0.05) is 26.8 Å². The van der Waals surface area contributed by atoms with E-state index >= 15 is 0 Å². The van der Waals surface area contributed by atoms with E-state index in [0.717, 1.165) is 19.1 Å². The SMILES string of the molecule is CCNC(C)C(C)(C)CN(Cc1cccs1)C1CC1. The molecule has 1 aromatic heterocycles. The number of hydrogen-bond donors (Lipinski definition) is 1. The van der Waals surface area contributed by atoms with Gasteiger partial charge >= 0.3 is 0 Å². The van der Waals surface area contributed by atoms with E-state index in [4.69, 9.17) is 0 Å². The summed E-state index contributed by atoms with van der Waals surface area (Å²) in [6, 6.07) is 5.82. The van der Waals surface area contributed by atoms with Gasteiger partial charge in [-0.15, -0.1) is 11.3 Å². The fraction of sp³-hybridized carbons (Fsp3) is 0.750. The van der Waals surface area contributed by atoms with E-state index in [2.05, 4.69) is 55.4 Å². The van der Waals surface area contributed by atoms with Crippen LogP contribution in [0.5, 0.6) is 0 Å². The Kier molecular flexibility index (Phi) is 5.04. The molecule has 3 heteroatoms. The van der Waals surface area contributed by atoms with Crippen LogP contribution in [0.2, 0.25) is 0 Å². The Morgan fingerprint density at radius 1 is 1.47 bits per heavy atom. The standard InChI is InChI=1S/C16H28N2S/c1-5-17-13(2)16(3,4)12-18(14-8-9-14)11-15-7-6-10-19-15/h6-7,10,13-14,17H,5,8-9,11-12H2,1-4H3. The Hall–Kier alpha value is -0.380. The van der Waals surface area contributed by atoms with Gasteiger partial charge in [0.15, 0.2) is 0 Å². The maximum Gasteiger partial charge on any atom is 0.0331 e. The molecule has 0 saturated heterocycles. The molecular formula is C16H28N2S. The molecule has 1 aliphatic rings. The summed E-state index contributed by atoms with van der Waals surface area (Å²) in [6.07, 6.45) is 2.77. The molecule has 1 aromatic rings. The molecule has 1 fully saturated rings. The van der Waals surface area contributed by atoms with Gasteiger partial charge < -0.3 is 5.32 Å². The van der Waals surface area contributed by atoms with Crippen LogP contribution in [0.3, 0.4) is 0 Å². The highest BCUT2D eigenvalue weighted by atomic mass is 32.1. The highest BCUT2D eigenvalue weighted by molar-refractivity contribution is 7.09. The lowest BCUT2D eigenvalue weighted by molar-refractivity contribution is 0.132. The fourth-order valence-corrected chi connectivity index (χ4v) is 3.33. The monoisotopic (exact) mass is 280 g/mol. The maximum absolute atomic E-state index is 3.59. The molecule has 1 atom stereocenters. The molecule has 1 heterocycles. The highest BCUT2D eigenvalue weighted by Gasteiger charge is 2.35. The summed E-state index contributed by atoms with van der Waals surface area (Å²) in [6.45, 7) is 12.7. The van der Waals surface area contributed by atoms with E-state index in [9.17, 15) is 0 Å². The van der Waals surface area contributed by atoms with Crippen LogP contribution >= 0.6 is 11.3 Å². The lowest BCUT2D eigenvalue weighted by Gasteiger charge is -2.37. The molecule has 0 aromatic carbocycles. The smallest absolute Gasteiger partial charge is 0.0331 e. The topological polar surface area (TPSA) is 15.3 Å². The van der Waals surface area contributed by atoms with Crippen molar-refractivity contribution in [1.29, 1.82) is 0 Å². The predicted molar refractivity (Wildman–Crippen MR) is 84.7 cm³/mol. The third kappa shape index (κ3) is 4.30. The van der Waals surface area contributed by atoms with Crippen molar-refractivity contribution in [3.05, 3.63) is 22.4 Å². The number of nitrogens with one attached hydrogen (secondary N) is 1. The average molecular weight is 280 g/mol. The molecule has 0 bridgehead atoms. The lowest BCUT2D eigenvalue weighted by Crippen LogP contribution is -2.47. The summed E-state index contributed by atoms with van der Waals surface area (Å²) in [5.74, 6) is 0. The van der Waals surface area contributed by atoms with Crippen molar-refractivity contribution in [3.8, 4) is 0 Å². The summed E-state index contributed by atoms with van der Waals surface area (Å²) in [7, 11) is 0. The maximum atomic E-state index is 3.59. The van der Waals surface area contributed by atoms with Crippen molar-refractivity contribution in [2.24, 2.45) is 5.41 Å². The summed E-state index contributed by atoms with van der Waals surface area (Å²) < 4.78 is 0. The number of hydrogen-bond acceptors (Lipinski definition) is 3. The van der Waals surface area contributed by atoms with Crippen LogP contribution in [-0.2, 0) is 6.54 Å². The summed E-state index contributed by atoms with van der Waals surface area (Å²) in [4.78, 5) is 4.19. The van der Waals surface area contributed by atoms with Crippen molar-refractivity contribution in [2.75, 3.05) is 13.1 Å². The molecule has 0 aliphatic heterocycles. The molecule has 1 aliphatic carbocycles. The van der Waals surface area contributed by atoms with Gasteiger partial charge in [0.2, 0.25) is 0 Å². The normalized spacial score (nSPS) is 17.9. The Labute approximate surface area is 122 Å². The molecular weight excluding hydrogens is 252 g/mol. The second-order valence-corrected chi connectivity index (χ2v) is 7.52. The zero-order chi connectivity index (χ0) is 13.9. The van der Waals surface area contributed by atoms with E-state index < -0.39 is 0 Å². The molecule has 1 N–H and O–H groups in total. The summed E-state index contributed by atoms with van der Waals surface area (Å²) >= 11 is 1.88. The van der Waals surface area contributed by atoms with Crippen LogP contribution in [0.4, 0.5) is 0 Å². The summed E-state index contributed by atoms with van der Waals surface area (Å²) in [5.41, 5.74) is 0.315. The molecule has 0 spiro atoms. The van der Waals surface area contributed by atoms with Gasteiger partial charge in [-0.3, -0.25) is 4.90 Å². The first-order valence-corrected chi connectivity index (χ1v) is 8.40. The quantitative estimate of drug-likeness (QED) is 0.780. The molecule has 0 amide bonds. The molecule has 1 unspecified atom stereocenters. The molecule has 2 rings (SSSR count). The van der Waals surface area contributed by atoms with Gasteiger partial charge in [0.1, 0.15) is 0 Å². The van der Waals surface area contributed by atoms with Crippen LogP contribution in [0.25, 0.3) is 0 Å². The van der Waals surface area contributed by atoms with Crippen LogP contribution < -0.4 is 5.32 Å². The predicted octanol–water partition coefficient (Wildman–Crippen LogP) is 3.74. The Morgan fingerprint density at radius 2 is 2.21 bits per heavy atom. The zero-order valence-electron chi connectivity index (χ0n) is 12.8. The molecule has 2 nitrogen and oxygen atoms in total. The van der Waals surface area contributed by atoms with Crippen LogP contribution in [0.1, 0.15) is 45.4 Å². The van der Waals surface area contributed by atoms with Crippen LogP contribution in [0, 0.1) is 5.41 Å². The minimum atomic E-state index is 0.315. The molecule has 1 saturated carbocycles. The van der Waals surface area contributed by atoms with Crippen molar-refractivity contribution >= 4 is 11.3 Å². The third-order valence-corrected chi connectivity index (χ3v) is 5.16. The molecule has 108 valence electrons. The van der Waals surface area contributed by atoms with Crippen molar-refractivity contribution in [1.82, 2.24) is 10.2 Å². The lowest BCUT2D eigenvalue weighted by atomic mass is 9.84. The van der Waals surface area contributed by atoms with E-state index in [1.807, 2.05) is 11.3 Å². The van der Waals surface area contributed by atoms with Gasteiger partial charge in [-0.2, -0.15) is 0 Å².